The summed E-state index contributed by atoms with van der Waals surface area (Å²) in [5, 5.41) is 7.35. The van der Waals surface area contributed by atoms with Gasteiger partial charge in [0, 0.05) is 37.0 Å². The van der Waals surface area contributed by atoms with Crippen molar-refractivity contribution in [3.05, 3.63) is 36.2 Å². The standard InChI is InChI=1S/C16H14N4O3S/c1-20-9-10(8-17-20)2-3-15(21)19-16-18-11-6-12-13(7-14(11)24-16)23-5-4-22-12/h2-3,6-9H,4-5H2,1H3,(H,18,19,21)/b3-2+. The number of carbonyl (C=O) groups excluding carboxylic acids is 1. The molecule has 0 aliphatic carbocycles. The molecule has 1 aliphatic heterocycles. The van der Waals surface area contributed by atoms with Gasteiger partial charge in [-0.25, -0.2) is 4.98 Å². The molecule has 0 saturated heterocycles. The van der Waals surface area contributed by atoms with E-state index >= 15 is 0 Å². The van der Waals surface area contributed by atoms with Gasteiger partial charge in [-0.05, 0) is 6.08 Å². The normalized spacial score (nSPS) is 13.5. The van der Waals surface area contributed by atoms with E-state index in [4.69, 9.17) is 9.47 Å². The number of amides is 1. The monoisotopic (exact) mass is 342 g/mol. The average Bonchev–Trinajstić information content (AvgIpc) is 3.15. The molecule has 0 spiro atoms. The topological polar surface area (TPSA) is 78.3 Å². The third-order valence-electron chi connectivity index (χ3n) is 3.43. The van der Waals surface area contributed by atoms with Crippen LogP contribution in [-0.4, -0.2) is 33.9 Å². The number of fused-ring (bicyclic) bond motifs is 2. The van der Waals surface area contributed by atoms with Gasteiger partial charge in [0.15, 0.2) is 16.6 Å². The van der Waals surface area contributed by atoms with Gasteiger partial charge in [0.05, 0.1) is 16.4 Å². The number of nitrogens with one attached hydrogen (secondary N) is 1. The molecular weight excluding hydrogens is 328 g/mol. The van der Waals surface area contributed by atoms with E-state index in [1.54, 1.807) is 17.0 Å². The molecule has 0 fully saturated rings. The van der Waals surface area contributed by atoms with Crippen LogP contribution in [-0.2, 0) is 11.8 Å². The summed E-state index contributed by atoms with van der Waals surface area (Å²) in [5.41, 5.74) is 1.63. The Bertz CT molecular complexity index is 901. The molecule has 4 rings (SSSR count). The number of ether oxygens (including phenoxy) is 2. The largest absolute Gasteiger partial charge is 0.486 e. The SMILES string of the molecule is Cn1cc(/C=C/C(=O)Nc2nc3cc4c(cc3s2)OCCO4)cn1. The number of hydrogen-bond donors (Lipinski definition) is 1. The number of aryl methyl sites for hydroxylation is 1. The molecule has 3 aromatic rings. The van der Waals surface area contributed by atoms with E-state index < -0.39 is 0 Å². The Balaban J connectivity index is 1.51. The minimum Gasteiger partial charge on any atom is -0.486 e. The smallest absolute Gasteiger partial charge is 0.250 e. The van der Waals surface area contributed by atoms with Crippen molar-refractivity contribution in [1.82, 2.24) is 14.8 Å². The Labute approximate surface area is 141 Å². The summed E-state index contributed by atoms with van der Waals surface area (Å²) < 4.78 is 13.7. The molecule has 0 unspecified atom stereocenters. The average molecular weight is 342 g/mol. The summed E-state index contributed by atoms with van der Waals surface area (Å²) in [5.74, 6) is 1.16. The van der Waals surface area contributed by atoms with Gasteiger partial charge in [-0.3, -0.25) is 14.8 Å². The lowest BCUT2D eigenvalue weighted by Gasteiger charge is -2.17. The van der Waals surface area contributed by atoms with Crippen LogP contribution in [0.2, 0.25) is 0 Å². The molecule has 1 N–H and O–H groups in total. The van der Waals surface area contributed by atoms with Crippen molar-refractivity contribution in [2.24, 2.45) is 7.05 Å². The van der Waals surface area contributed by atoms with Gasteiger partial charge >= 0.3 is 0 Å². The fourth-order valence-corrected chi connectivity index (χ4v) is 3.24. The molecule has 0 saturated carbocycles. The minimum absolute atomic E-state index is 0.241. The van der Waals surface area contributed by atoms with E-state index in [0.717, 1.165) is 15.8 Å². The van der Waals surface area contributed by atoms with Crippen LogP contribution in [0.25, 0.3) is 16.3 Å². The molecule has 8 heteroatoms. The molecule has 0 bridgehead atoms. The quantitative estimate of drug-likeness (QED) is 0.740. The highest BCUT2D eigenvalue weighted by Gasteiger charge is 2.15. The summed E-state index contributed by atoms with van der Waals surface area (Å²) in [6, 6.07) is 3.73. The van der Waals surface area contributed by atoms with E-state index in [0.29, 0.717) is 29.8 Å². The minimum atomic E-state index is -0.241. The van der Waals surface area contributed by atoms with Gasteiger partial charge in [0.25, 0.3) is 0 Å². The Morgan fingerprint density at radius 3 is 2.88 bits per heavy atom. The highest BCUT2D eigenvalue weighted by molar-refractivity contribution is 7.22. The van der Waals surface area contributed by atoms with Crippen molar-refractivity contribution in [3.63, 3.8) is 0 Å². The highest BCUT2D eigenvalue weighted by atomic mass is 32.1. The molecule has 1 aromatic carbocycles. The molecule has 0 atom stereocenters. The van der Waals surface area contributed by atoms with Crippen LogP contribution in [0.15, 0.2) is 30.6 Å². The maximum atomic E-state index is 12.0. The first-order chi connectivity index (χ1) is 11.7. The van der Waals surface area contributed by atoms with Crippen LogP contribution in [0.3, 0.4) is 0 Å². The maximum absolute atomic E-state index is 12.0. The molecule has 0 radical (unpaired) electrons. The second-order valence-corrected chi connectivity index (χ2v) is 6.28. The van der Waals surface area contributed by atoms with Crippen molar-refractivity contribution in [1.29, 1.82) is 0 Å². The van der Waals surface area contributed by atoms with Crippen LogP contribution in [0.5, 0.6) is 11.5 Å². The van der Waals surface area contributed by atoms with E-state index in [2.05, 4.69) is 15.4 Å². The van der Waals surface area contributed by atoms with Gasteiger partial charge in [-0.15, -0.1) is 0 Å². The summed E-state index contributed by atoms with van der Waals surface area (Å²) in [6.07, 6.45) is 6.67. The van der Waals surface area contributed by atoms with Gasteiger partial charge in [-0.1, -0.05) is 11.3 Å². The summed E-state index contributed by atoms with van der Waals surface area (Å²) in [7, 11) is 1.82. The van der Waals surface area contributed by atoms with Crippen LogP contribution in [0.4, 0.5) is 5.13 Å². The summed E-state index contributed by atoms with van der Waals surface area (Å²) >= 11 is 1.40. The first-order valence-corrected chi connectivity index (χ1v) is 8.17. The number of carbonyl (C=O) groups is 1. The molecule has 7 nitrogen and oxygen atoms in total. The molecule has 1 amide bonds. The lowest BCUT2D eigenvalue weighted by molar-refractivity contribution is -0.111. The molecule has 122 valence electrons. The number of aromatic nitrogens is 3. The lowest BCUT2D eigenvalue weighted by atomic mass is 10.3. The zero-order valence-electron chi connectivity index (χ0n) is 12.9. The Morgan fingerprint density at radius 2 is 2.12 bits per heavy atom. The van der Waals surface area contributed by atoms with Gasteiger partial charge in [-0.2, -0.15) is 5.10 Å². The number of thiazole rings is 1. The first-order valence-electron chi connectivity index (χ1n) is 7.35. The summed E-state index contributed by atoms with van der Waals surface area (Å²) in [4.78, 5) is 16.4. The fourth-order valence-electron chi connectivity index (χ4n) is 2.36. The van der Waals surface area contributed by atoms with Crippen LogP contribution >= 0.6 is 11.3 Å². The van der Waals surface area contributed by atoms with Crippen LogP contribution in [0, 0.1) is 0 Å². The molecule has 24 heavy (non-hydrogen) atoms. The Hall–Kier alpha value is -2.87. The second-order valence-electron chi connectivity index (χ2n) is 5.25. The Kier molecular flexibility index (Phi) is 3.66. The van der Waals surface area contributed by atoms with Crippen LogP contribution in [0.1, 0.15) is 5.56 Å². The molecule has 3 heterocycles. The summed E-state index contributed by atoms with van der Waals surface area (Å²) in [6.45, 7) is 1.07. The van der Waals surface area contributed by atoms with E-state index in [1.807, 2.05) is 25.4 Å². The fraction of sp³-hybridized carbons (Fsp3) is 0.188. The second kappa shape index (κ2) is 5.97. The lowest BCUT2D eigenvalue weighted by Crippen LogP contribution is -2.15. The van der Waals surface area contributed by atoms with Crippen molar-refractivity contribution in [2.45, 2.75) is 0 Å². The van der Waals surface area contributed by atoms with Crippen molar-refractivity contribution in [2.75, 3.05) is 18.5 Å². The number of rotatable bonds is 3. The van der Waals surface area contributed by atoms with Crippen molar-refractivity contribution >= 4 is 38.7 Å². The predicted molar refractivity (Wildman–Crippen MR) is 91.5 cm³/mol. The first kappa shape index (κ1) is 14.7. The van der Waals surface area contributed by atoms with Gasteiger partial charge < -0.3 is 9.47 Å². The van der Waals surface area contributed by atoms with Gasteiger partial charge in [0.2, 0.25) is 5.91 Å². The molecule has 1 aliphatic rings. The number of anilines is 1. The third-order valence-corrected chi connectivity index (χ3v) is 4.37. The predicted octanol–water partition coefficient (Wildman–Crippen LogP) is 2.45. The van der Waals surface area contributed by atoms with E-state index in [9.17, 15) is 4.79 Å². The van der Waals surface area contributed by atoms with Crippen molar-refractivity contribution in [3.8, 4) is 11.5 Å². The van der Waals surface area contributed by atoms with Crippen LogP contribution < -0.4 is 14.8 Å². The number of benzene rings is 1. The van der Waals surface area contributed by atoms with Crippen molar-refractivity contribution < 1.29 is 14.3 Å². The zero-order valence-corrected chi connectivity index (χ0v) is 13.7. The third kappa shape index (κ3) is 2.95. The number of hydrogen-bond acceptors (Lipinski definition) is 6. The maximum Gasteiger partial charge on any atom is 0.250 e. The van der Waals surface area contributed by atoms with E-state index in [-0.39, 0.29) is 5.91 Å². The number of nitrogens with zero attached hydrogens (tertiary/aromatic N) is 3. The molecular formula is C16H14N4O3S. The highest BCUT2D eigenvalue weighted by Crippen LogP contribution is 2.37. The van der Waals surface area contributed by atoms with E-state index in [1.165, 1.54) is 17.4 Å². The van der Waals surface area contributed by atoms with Gasteiger partial charge in [0.1, 0.15) is 13.2 Å². The Morgan fingerprint density at radius 1 is 1.33 bits per heavy atom. The zero-order chi connectivity index (χ0) is 16.5. The molecule has 2 aromatic heterocycles.